The Morgan fingerprint density at radius 2 is 1.79 bits per heavy atom. The maximum atomic E-state index is 12.0. The van der Waals surface area contributed by atoms with Gasteiger partial charge in [0.25, 0.3) is 5.91 Å². The van der Waals surface area contributed by atoms with Crippen molar-refractivity contribution in [3.63, 3.8) is 0 Å². The smallest absolute Gasteiger partial charge is 0.265 e. The molecule has 0 saturated carbocycles. The molecule has 0 N–H and O–H groups in total. The van der Waals surface area contributed by atoms with Gasteiger partial charge in [-0.1, -0.05) is 48.2 Å². The van der Waals surface area contributed by atoms with Gasteiger partial charge in [0, 0.05) is 13.5 Å². The quantitative estimate of drug-likeness (QED) is 0.364. The Bertz CT molecular complexity index is 906. The van der Waals surface area contributed by atoms with Gasteiger partial charge in [0.15, 0.2) is 0 Å². The molecule has 0 unspecified atom stereocenters. The Morgan fingerprint density at radius 3 is 2.46 bits per heavy atom. The van der Waals surface area contributed by atoms with Crippen LogP contribution in [0.1, 0.15) is 23.1 Å². The fraction of sp³-hybridized carbons (Fsp3) is 0.273. The highest BCUT2D eigenvalue weighted by Gasteiger charge is 2.28. The number of benzene rings is 2. The van der Waals surface area contributed by atoms with Gasteiger partial charge in [-0.25, -0.2) is 0 Å². The summed E-state index contributed by atoms with van der Waals surface area (Å²) >= 11 is 6.47. The standard InChI is InChI=1S/C22H23NO3S2/c1-15-6-4-7-19(16(15)2)26-13-5-12-25-18-10-8-17(9-11-18)14-20-21(24)23(3)22(27)28-20/h4,6-11,14H,5,12-13H2,1-3H3/b20-14+. The molecule has 28 heavy (non-hydrogen) atoms. The second-order valence-corrected chi connectivity index (χ2v) is 8.23. The topological polar surface area (TPSA) is 38.8 Å². The highest BCUT2D eigenvalue weighted by atomic mass is 32.2. The Hall–Kier alpha value is -2.31. The number of likely N-dealkylation sites (N-methyl/N-ethyl adjacent to an activating group) is 1. The molecule has 2 aromatic carbocycles. The van der Waals surface area contributed by atoms with Crippen LogP contribution in [0.2, 0.25) is 0 Å². The molecular formula is C22H23NO3S2. The molecule has 1 fully saturated rings. The summed E-state index contributed by atoms with van der Waals surface area (Å²) in [7, 11) is 1.69. The van der Waals surface area contributed by atoms with E-state index in [4.69, 9.17) is 21.7 Å². The van der Waals surface area contributed by atoms with Gasteiger partial charge in [0.1, 0.15) is 15.8 Å². The van der Waals surface area contributed by atoms with Gasteiger partial charge in [-0.15, -0.1) is 0 Å². The Labute approximate surface area is 175 Å². The number of thioether (sulfide) groups is 1. The molecule has 1 amide bonds. The summed E-state index contributed by atoms with van der Waals surface area (Å²) in [6, 6.07) is 13.8. The molecule has 0 radical (unpaired) electrons. The molecule has 0 spiro atoms. The van der Waals surface area contributed by atoms with Gasteiger partial charge in [-0.3, -0.25) is 9.69 Å². The third kappa shape index (κ3) is 4.94. The normalized spacial score (nSPS) is 15.4. The van der Waals surface area contributed by atoms with Gasteiger partial charge in [0.05, 0.1) is 18.1 Å². The second kappa shape index (κ2) is 9.26. The minimum atomic E-state index is -0.0563. The van der Waals surface area contributed by atoms with Gasteiger partial charge < -0.3 is 9.47 Å². The molecular weight excluding hydrogens is 390 g/mol. The third-order valence-electron chi connectivity index (χ3n) is 4.53. The number of hydrogen-bond donors (Lipinski definition) is 0. The zero-order chi connectivity index (χ0) is 20.1. The van der Waals surface area contributed by atoms with Gasteiger partial charge in [0.2, 0.25) is 0 Å². The van der Waals surface area contributed by atoms with Crippen molar-refractivity contribution >= 4 is 40.3 Å². The number of thiocarbonyl (C=S) groups is 1. The zero-order valence-electron chi connectivity index (χ0n) is 16.2. The zero-order valence-corrected chi connectivity index (χ0v) is 17.9. The average molecular weight is 414 g/mol. The minimum Gasteiger partial charge on any atom is -0.493 e. The third-order valence-corrected chi connectivity index (χ3v) is 6.02. The van der Waals surface area contributed by atoms with Crippen molar-refractivity contribution < 1.29 is 14.3 Å². The average Bonchev–Trinajstić information content (AvgIpc) is 2.93. The maximum absolute atomic E-state index is 12.0. The number of hydrogen-bond acceptors (Lipinski definition) is 5. The van der Waals surface area contributed by atoms with E-state index in [0.717, 1.165) is 23.5 Å². The van der Waals surface area contributed by atoms with Crippen LogP contribution in [0.15, 0.2) is 47.4 Å². The molecule has 0 bridgehead atoms. The van der Waals surface area contributed by atoms with Crippen LogP contribution in [0.25, 0.3) is 6.08 Å². The molecule has 1 aliphatic heterocycles. The number of amides is 1. The fourth-order valence-electron chi connectivity index (χ4n) is 2.67. The van der Waals surface area contributed by atoms with Crippen LogP contribution in [0.4, 0.5) is 0 Å². The molecule has 0 atom stereocenters. The lowest BCUT2D eigenvalue weighted by Crippen LogP contribution is -2.22. The highest BCUT2D eigenvalue weighted by Crippen LogP contribution is 2.31. The first-order valence-electron chi connectivity index (χ1n) is 9.09. The Balaban J connectivity index is 1.45. The number of carbonyl (C=O) groups is 1. The molecule has 0 aromatic heterocycles. The minimum absolute atomic E-state index is 0.0563. The van der Waals surface area contributed by atoms with Crippen molar-refractivity contribution in [2.75, 3.05) is 20.3 Å². The fourth-order valence-corrected chi connectivity index (χ4v) is 3.85. The van der Waals surface area contributed by atoms with E-state index >= 15 is 0 Å². The molecule has 3 rings (SSSR count). The van der Waals surface area contributed by atoms with Crippen LogP contribution in [0.5, 0.6) is 11.5 Å². The van der Waals surface area contributed by atoms with Crippen LogP contribution in [-0.4, -0.2) is 35.4 Å². The van der Waals surface area contributed by atoms with E-state index in [-0.39, 0.29) is 5.91 Å². The van der Waals surface area contributed by atoms with Crippen LogP contribution in [0, 0.1) is 13.8 Å². The summed E-state index contributed by atoms with van der Waals surface area (Å²) < 4.78 is 12.2. The summed E-state index contributed by atoms with van der Waals surface area (Å²) in [6.45, 7) is 5.35. The molecule has 1 saturated heterocycles. The summed E-state index contributed by atoms with van der Waals surface area (Å²) in [4.78, 5) is 14.2. The first-order valence-corrected chi connectivity index (χ1v) is 10.3. The number of nitrogens with zero attached hydrogens (tertiary/aromatic N) is 1. The molecule has 146 valence electrons. The SMILES string of the molecule is Cc1cccc(OCCCOc2ccc(/C=C3/SC(=S)N(C)C3=O)cc2)c1C. The summed E-state index contributed by atoms with van der Waals surface area (Å²) in [6.07, 6.45) is 2.65. The lowest BCUT2D eigenvalue weighted by molar-refractivity contribution is -0.121. The molecule has 4 nitrogen and oxygen atoms in total. The second-order valence-electron chi connectivity index (χ2n) is 6.56. The lowest BCUT2D eigenvalue weighted by atomic mass is 10.1. The molecule has 6 heteroatoms. The van der Waals surface area contributed by atoms with Crippen molar-refractivity contribution in [1.29, 1.82) is 0 Å². The highest BCUT2D eigenvalue weighted by molar-refractivity contribution is 8.26. The molecule has 1 aliphatic rings. The first-order chi connectivity index (χ1) is 13.5. The van der Waals surface area contributed by atoms with Crippen LogP contribution >= 0.6 is 24.0 Å². The van der Waals surface area contributed by atoms with Gasteiger partial charge in [-0.05, 0) is 54.8 Å². The van der Waals surface area contributed by atoms with E-state index < -0.39 is 0 Å². The van der Waals surface area contributed by atoms with Crippen molar-refractivity contribution in [3.8, 4) is 11.5 Å². The van der Waals surface area contributed by atoms with E-state index in [9.17, 15) is 4.79 Å². The Kier molecular flexibility index (Phi) is 6.75. The van der Waals surface area contributed by atoms with Crippen molar-refractivity contribution in [2.24, 2.45) is 0 Å². The van der Waals surface area contributed by atoms with E-state index in [1.807, 2.05) is 42.5 Å². The van der Waals surface area contributed by atoms with E-state index in [2.05, 4.69) is 19.9 Å². The number of aryl methyl sites for hydroxylation is 1. The monoisotopic (exact) mass is 413 g/mol. The van der Waals surface area contributed by atoms with Crippen molar-refractivity contribution in [2.45, 2.75) is 20.3 Å². The van der Waals surface area contributed by atoms with Crippen LogP contribution < -0.4 is 9.47 Å². The largest absolute Gasteiger partial charge is 0.493 e. The van der Waals surface area contributed by atoms with E-state index in [0.29, 0.717) is 22.4 Å². The van der Waals surface area contributed by atoms with E-state index in [1.54, 1.807) is 7.05 Å². The molecule has 2 aromatic rings. The summed E-state index contributed by atoms with van der Waals surface area (Å²) in [5.74, 6) is 1.67. The predicted octanol–water partition coefficient (Wildman–Crippen LogP) is 4.98. The summed E-state index contributed by atoms with van der Waals surface area (Å²) in [5, 5.41) is 0. The molecule has 1 heterocycles. The van der Waals surface area contributed by atoms with Crippen molar-refractivity contribution in [1.82, 2.24) is 4.90 Å². The lowest BCUT2D eigenvalue weighted by Gasteiger charge is -2.11. The number of rotatable bonds is 7. The van der Waals surface area contributed by atoms with Gasteiger partial charge in [-0.2, -0.15) is 0 Å². The molecule has 0 aliphatic carbocycles. The van der Waals surface area contributed by atoms with E-state index in [1.165, 1.54) is 27.8 Å². The van der Waals surface area contributed by atoms with Crippen molar-refractivity contribution in [3.05, 3.63) is 64.1 Å². The van der Waals surface area contributed by atoms with Gasteiger partial charge >= 0.3 is 0 Å². The van der Waals surface area contributed by atoms with Crippen LogP contribution in [0.3, 0.4) is 0 Å². The predicted molar refractivity (Wildman–Crippen MR) is 119 cm³/mol. The maximum Gasteiger partial charge on any atom is 0.265 e. The number of ether oxygens (including phenoxy) is 2. The number of carbonyl (C=O) groups excluding carboxylic acids is 1. The van der Waals surface area contributed by atoms with Crippen LogP contribution in [-0.2, 0) is 4.79 Å². The Morgan fingerprint density at radius 1 is 1.07 bits per heavy atom. The first kappa shape index (κ1) is 20.4. The summed E-state index contributed by atoms with van der Waals surface area (Å²) in [5.41, 5.74) is 3.36.